The van der Waals surface area contributed by atoms with Crippen molar-refractivity contribution in [1.82, 2.24) is 9.47 Å². The van der Waals surface area contributed by atoms with Crippen molar-refractivity contribution in [3.8, 4) is 0 Å². The lowest BCUT2D eigenvalue weighted by molar-refractivity contribution is 0.0695. The van der Waals surface area contributed by atoms with E-state index in [9.17, 15) is 9.59 Å². The van der Waals surface area contributed by atoms with Crippen LogP contribution in [0.5, 0.6) is 0 Å². The Morgan fingerprint density at radius 3 is 2.68 bits per heavy atom. The SMILES string of the molecule is CN1CCC(CCn2cc(C(=O)O)ccc2=O)CC1. The van der Waals surface area contributed by atoms with Crippen LogP contribution in [0.25, 0.3) is 0 Å². The first-order chi connectivity index (χ1) is 9.06. The number of aryl methyl sites for hydroxylation is 1. The summed E-state index contributed by atoms with van der Waals surface area (Å²) >= 11 is 0. The Hall–Kier alpha value is -1.62. The highest BCUT2D eigenvalue weighted by Crippen LogP contribution is 2.19. The number of rotatable bonds is 4. The minimum atomic E-state index is -0.993. The number of pyridine rings is 1. The monoisotopic (exact) mass is 264 g/mol. The lowest BCUT2D eigenvalue weighted by Gasteiger charge is -2.29. The number of hydrogen-bond acceptors (Lipinski definition) is 3. The highest BCUT2D eigenvalue weighted by molar-refractivity contribution is 5.87. The number of carbonyl (C=O) groups is 1. The molecule has 1 aliphatic rings. The second-order valence-corrected chi connectivity index (χ2v) is 5.29. The Kier molecular flexibility index (Phi) is 4.37. The third kappa shape index (κ3) is 3.67. The summed E-state index contributed by atoms with van der Waals surface area (Å²) in [5, 5.41) is 8.93. The van der Waals surface area contributed by atoms with E-state index in [0.717, 1.165) is 32.4 Å². The molecule has 1 saturated heterocycles. The summed E-state index contributed by atoms with van der Waals surface area (Å²) in [6, 6.07) is 2.69. The van der Waals surface area contributed by atoms with Gasteiger partial charge in [0.05, 0.1) is 5.56 Å². The van der Waals surface area contributed by atoms with Gasteiger partial charge in [0, 0.05) is 18.8 Å². The second-order valence-electron chi connectivity index (χ2n) is 5.29. The van der Waals surface area contributed by atoms with Gasteiger partial charge in [-0.1, -0.05) is 0 Å². The molecule has 0 saturated carbocycles. The quantitative estimate of drug-likeness (QED) is 0.889. The van der Waals surface area contributed by atoms with Crippen LogP contribution in [0.15, 0.2) is 23.1 Å². The first kappa shape index (κ1) is 13.8. The van der Waals surface area contributed by atoms with Gasteiger partial charge in [-0.2, -0.15) is 0 Å². The van der Waals surface area contributed by atoms with Crippen molar-refractivity contribution in [3.63, 3.8) is 0 Å². The Labute approximate surface area is 112 Å². The normalized spacial score (nSPS) is 17.5. The van der Waals surface area contributed by atoms with Gasteiger partial charge in [-0.15, -0.1) is 0 Å². The minimum absolute atomic E-state index is 0.127. The third-order valence-corrected chi connectivity index (χ3v) is 3.85. The van der Waals surface area contributed by atoms with Crippen LogP contribution in [0.4, 0.5) is 0 Å². The van der Waals surface area contributed by atoms with Crippen LogP contribution >= 0.6 is 0 Å². The van der Waals surface area contributed by atoms with Gasteiger partial charge in [0.1, 0.15) is 0 Å². The molecule has 1 N–H and O–H groups in total. The molecule has 1 fully saturated rings. The van der Waals surface area contributed by atoms with Gasteiger partial charge in [0.15, 0.2) is 0 Å². The van der Waals surface area contributed by atoms with E-state index in [-0.39, 0.29) is 11.1 Å². The van der Waals surface area contributed by atoms with Crippen molar-refractivity contribution >= 4 is 5.97 Å². The molecule has 0 spiro atoms. The lowest BCUT2D eigenvalue weighted by atomic mass is 9.94. The van der Waals surface area contributed by atoms with Crippen LogP contribution in [0.1, 0.15) is 29.6 Å². The van der Waals surface area contributed by atoms with Crippen molar-refractivity contribution in [2.75, 3.05) is 20.1 Å². The highest BCUT2D eigenvalue weighted by atomic mass is 16.4. The van der Waals surface area contributed by atoms with E-state index in [4.69, 9.17) is 5.11 Å². The van der Waals surface area contributed by atoms with Gasteiger partial charge in [0.2, 0.25) is 0 Å². The molecule has 0 unspecified atom stereocenters. The number of likely N-dealkylation sites (tertiary alicyclic amines) is 1. The Morgan fingerprint density at radius 2 is 2.05 bits per heavy atom. The first-order valence-electron chi connectivity index (χ1n) is 6.68. The van der Waals surface area contributed by atoms with Gasteiger partial charge in [-0.25, -0.2) is 4.79 Å². The van der Waals surface area contributed by atoms with E-state index < -0.39 is 5.97 Å². The summed E-state index contributed by atoms with van der Waals surface area (Å²) in [5.74, 6) is -0.357. The zero-order valence-corrected chi connectivity index (χ0v) is 11.2. The van der Waals surface area contributed by atoms with Gasteiger partial charge < -0.3 is 14.6 Å². The molecule has 1 aromatic rings. The maximum Gasteiger partial charge on any atom is 0.337 e. The number of aromatic nitrogens is 1. The van der Waals surface area contributed by atoms with E-state index in [1.807, 2.05) is 0 Å². The van der Waals surface area contributed by atoms with E-state index in [1.54, 1.807) is 0 Å². The van der Waals surface area contributed by atoms with Crippen LogP contribution in [0, 0.1) is 5.92 Å². The fourth-order valence-electron chi connectivity index (χ4n) is 2.50. The molecule has 0 atom stereocenters. The van der Waals surface area contributed by atoms with Gasteiger partial charge in [-0.05, 0) is 51.4 Å². The van der Waals surface area contributed by atoms with E-state index >= 15 is 0 Å². The number of carboxylic acid groups (broad SMARTS) is 1. The van der Waals surface area contributed by atoms with E-state index in [2.05, 4.69) is 11.9 Å². The summed E-state index contributed by atoms with van der Waals surface area (Å²) in [6.07, 6.45) is 4.70. The lowest BCUT2D eigenvalue weighted by Crippen LogP contribution is -2.31. The molecule has 5 heteroatoms. The van der Waals surface area contributed by atoms with Gasteiger partial charge >= 0.3 is 5.97 Å². The molecular weight excluding hydrogens is 244 g/mol. The highest BCUT2D eigenvalue weighted by Gasteiger charge is 2.16. The molecule has 1 aliphatic heterocycles. The fraction of sp³-hybridized carbons (Fsp3) is 0.571. The largest absolute Gasteiger partial charge is 0.478 e. The van der Waals surface area contributed by atoms with Crippen molar-refractivity contribution in [3.05, 3.63) is 34.2 Å². The van der Waals surface area contributed by atoms with E-state index in [1.165, 1.54) is 22.9 Å². The topological polar surface area (TPSA) is 62.5 Å². The third-order valence-electron chi connectivity index (χ3n) is 3.85. The average molecular weight is 264 g/mol. The number of aromatic carboxylic acids is 1. The van der Waals surface area contributed by atoms with Crippen LogP contribution in [-0.4, -0.2) is 40.7 Å². The summed E-state index contributed by atoms with van der Waals surface area (Å²) in [4.78, 5) is 24.9. The van der Waals surface area contributed by atoms with Crippen LogP contribution in [0.2, 0.25) is 0 Å². The van der Waals surface area contributed by atoms with Crippen LogP contribution in [0.3, 0.4) is 0 Å². The number of carboxylic acids is 1. The molecule has 2 rings (SSSR count). The van der Waals surface area contributed by atoms with Crippen molar-refractivity contribution < 1.29 is 9.90 Å². The smallest absolute Gasteiger partial charge is 0.337 e. The molecule has 1 aromatic heterocycles. The van der Waals surface area contributed by atoms with Crippen molar-refractivity contribution in [2.24, 2.45) is 5.92 Å². The molecule has 0 radical (unpaired) electrons. The Bertz CT molecular complexity index is 502. The molecule has 5 nitrogen and oxygen atoms in total. The molecule has 104 valence electrons. The number of piperidine rings is 1. The predicted molar refractivity (Wildman–Crippen MR) is 72.5 cm³/mol. The summed E-state index contributed by atoms with van der Waals surface area (Å²) in [6.45, 7) is 2.82. The summed E-state index contributed by atoms with van der Waals surface area (Å²) < 4.78 is 1.52. The Morgan fingerprint density at radius 1 is 1.37 bits per heavy atom. The molecule has 0 aliphatic carbocycles. The van der Waals surface area contributed by atoms with Crippen molar-refractivity contribution in [1.29, 1.82) is 0 Å². The molecule has 19 heavy (non-hydrogen) atoms. The second kappa shape index (κ2) is 6.02. The van der Waals surface area contributed by atoms with Gasteiger partial charge in [-0.3, -0.25) is 4.79 Å². The van der Waals surface area contributed by atoms with Crippen molar-refractivity contribution in [2.45, 2.75) is 25.8 Å². The molecule has 2 heterocycles. The molecule has 0 bridgehead atoms. The zero-order valence-electron chi connectivity index (χ0n) is 11.2. The maximum atomic E-state index is 11.7. The summed E-state index contributed by atoms with van der Waals surface area (Å²) in [7, 11) is 2.12. The zero-order chi connectivity index (χ0) is 13.8. The minimum Gasteiger partial charge on any atom is -0.478 e. The number of hydrogen-bond donors (Lipinski definition) is 1. The van der Waals surface area contributed by atoms with E-state index in [0.29, 0.717) is 12.5 Å². The number of nitrogens with zero attached hydrogens (tertiary/aromatic N) is 2. The standard InChI is InChI=1S/C14H20N2O3/c1-15-7-4-11(5-8-15)6-9-16-10-12(14(18)19)2-3-13(16)17/h2-3,10-11H,4-9H2,1H3,(H,18,19). The molecule has 0 amide bonds. The predicted octanol–water partition coefficient (Wildman–Crippen LogP) is 1.28. The average Bonchev–Trinajstić information content (AvgIpc) is 2.39. The first-order valence-corrected chi connectivity index (χ1v) is 6.68. The molecular formula is C14H20N2O3. The van der Waals surface area contributed by atoms with Crippen LogP contribution < -0.4 is 5.56 Å². The van der Waals surface area contributed by atoms with Gasteiger partial charge in [0.25, 0.3) is 5.56 Å². The molecule has 0 aromatic carbocycles. The fourth-order valence-corrected chi connectivity index (χ4v) is 2.50. The Balaban J connectivity index is 1.97. The summed E-state index contributed by atoms with van der Waals surface area (Å²) in [5.41, 5.74) is 0.0425. The van der Waals surface area contributed by atoms with Crippen LogP contribution in [-0.2, 0) is 6.54 Å². The maximum absolute atomic E-state index is 11.7.